The third-order valence-electron chi connectivity index (χ3n) is 3.01. The number of carbonyl (C=O) groups is 2. The van der Waals surface area contributed by atoms with Gasteiger partial charge in [-0.3, -0.25) is 14.5 Å². The van der Waals surface area contributed by atoms with Crippen LogP contribution in [0.15, 0.2) is 30.3 Å². The Morgan fingerprint density at radius 2 is 1.50 bits per heavy atom. The van der Waals surface area contributed by atoms with Crippen molar-refractivity contribution in [1.82, 2.24) is 0 Å². The van der Waals surface area contributed by atoms with E-state index in [1.807, 2.05) is 32.0 Å². The average molecular weight is 217 g/mol. The van der Waals surface area contributed by atoms with E-state index in [2.05, 4.69) is 0 Å². The number of hydrogen-bond donors (Lipinski definition) is 0. The molecular formula is C13H15NO2. The number of nitrogens with zero attached hydrogens (tertiary/aromatic N) is 1. The standard InChI is InChI=1S/C13H15NO2/c1-9-8-10(2)13(16)14(12(9)15)11-6-4-3-5-7-11/h3-7,9-10H,8H2,1-2H3/t9-,10-/m1/s1. The van der Waals surface area contributed by atoms with Crippen LogP contribution in [0, 0.1) is 11.8 Å². The highest BCUT2D eigenvalue weighted by molar-refractivity contribution is 6.17. The topological polar surface area (TPSA) is 37.4 Å². The van der Waals surface area contributed by atoms with E-state index in [1.165, 1.54) is 4.90 Å². The van der Waals surface area contributed by atoms with Crippen molar-refractivity contribution < 1.29 is 9.59 Å². The highest BCUT2D eigenvalue weighted by atomic mass is 16.2. The number of imide groups is 1. The molecule has 0 saturated carbocycles. The lowest BCUT2D eigenvalue weighted by Crippen LogP contribution is -2.48. The van der Waals surface area contributed by atoms with Gasteiger partial charge in [0.1, 0.15) is 0 Å². The molecule has 0 N–H and O–H groups in total. The molecule has 1 saturated heterocycles. The summed E-state index contributed by atoms with van der Waals surface area (Å²) in [4.78, 5) is 25.3. The Morgan fingerprint density at radius 3 is 2.00 bits per heavy atom. The lowest BCUT2D eigenvalue weighted by molar-refractivity contribution is -0.134. The molecule has 2 rings (SSSR count). The monoisotopic (exact) mass is 217 g/mol. The smallest absolute Gasteiger partial charge is 0.236 e. The quantitative estimate of drug-likeness (QED) is 0.676. The van der Waals surface area contributed by atoms with Crippen LogP contribution in [0.4, 0.5) is 5.69 Å². The summed E-state index contributed by atoms with van der Waals surface area (Å²) >= 11 is 0. The number of carbonyl (C=O) groups excluding carboxylic acids is 2. The van der Waals surface area contributed by atoms with Gasteiger partial charge >= 0.3 is 0 Å². The minimum Gasteiger partial charge on any atom is -0.274 e. The van der Waals surface area contributed by atoms with Crippen molar-refractivity contribution in [1.29, 1.82) is 0 Å². The summed E-state index contributed by atoms with van der Waals surface area (Å²) < 4.78 is 0. The van der Waals surface area contributed by atoms with Gasteiger partial charge in [-0.1, -0.05) is 32.0 Å². The molecule has 1 aliphatic rings. The van der Waals surface area contributed by atoms with Gasteiger partial charge in [0.15, 0.2) is 0 Å². The number of amides is 2. The Bertz CT molecular complexity index is 393. The lowest BCUT2D eigenvalue weighted by Gasteiger charge is -2.32. The van der Waals surface area contributed by atoms with Crippen LogP contribution in [0.3, 0.4) is 0 Å². The molecule has 1 aromatic carbocycles. The summed E-state index contributed by atoms with van der Waals surface area (Å²) in [5, 5.41) is 0. The molecular weight excluding hydrogens is 202 g/mol. The van der Waals surface area contributed by atoms with Crippen molar-refractivity contribution >= 4 is 17.5 Å². The molecule has 3 heteroatoms. The molecule has 0 bridgehead atoms. The van der Waals surface area contributed by atoms with Gasteiger partial charge in [0.2, 0.25) is 11.8 Å². The summed E-state index contributed by atoms with van der Waals surface area (Å²) in [6.45, 7) is 3.75. The van der Waals surface area contributed by atoms with E-state index in [0.29, 0.717) is 12.1 Å². The molecule has 2 amide bonds. The largest absolute Gasteiger partial charge is 0.274 e. The van der Waals surface area contributed by atoms with Gasteiger partial charge in [0.05, 0.1) is 5.69 Å². The van der Waals surface area contributed by atoms with Crippen LogP contribution < -0.4 is 4.90 Å². The fourth-order valence-electron chi connectivity index (χ4n) is 2.11. The zero-order valence-corrected chi connectivity index (χ0v) is 9.51. The van der Waals surface area contributed by atoms with E-state index in [9.17, 15) is 9.59 Å². The molecule has 1 heterocycles. The van der Waals surface area contributed by atoms with Crippen LogP contribution in [0.5, 0.6) is 0 Å². The molecule has 0 aromatic heterocycles. The fraction of sp³-hybridized carbons (Fsp3) is 0.385. The molecule has 1 fully saturated rings. The van der Waals surface area contributed by atoms with Gasteiger partial charge in [0.25, 0.3) is 0 Å². The molecule has 0 unspecified atom stereocenters. The SMILES string of the molecule is C[C@@H]1C[C@@H](C)C(=O)N(c2ccccc2)C1=O. The van der Waals surface area contributed by atoms with Crippen molar-refractivity contribution in [3.8, 4) is 0 Å². The summed E-state index contributed by atoms with van der Waals surface area (Å²) in [5.74, 6) is -0.329. The van der Waals surface area contributed by atoms with Crippen molar-refractivity contribution in [2.75, 3.05) is 4.90 Å². The summed E-state index contributed by atoms with van der Waals surface area (Å²) in [6, 6.07) is 9.12. The molecule has 1 aromatic rings. The highest BCUT2D eigenvalue weighted by Crippen LogP contribution is 2.28. The molecule has 84 valence electrons. The normalized spacial score (nSPS) is 26.0. The first-order valence-corrected chi connectivity index (χ1v) is 5.54. The van der Waals surface area contributed by atoms with Crippen molar-refractivity contribution in [3.05, 3.63) is 30.3 Å². The number of piperidine rings is 1. The minimum atomic E-state index is -0.0886. The maximum Gasteiger partial charge on any atom is 0.236 e. The first kappa shape index (κ1) is 10.9. The second-order valence-electron chi connectivity index (χ2n) is 4.39. The molecule has 0 aliphatic carbocycles. The predicted molar refractivity (Wildman–Crippen MR) is 61.9 cm³/mol. The van der Waals surface area contributed by atoms with E-state index < -0.39 is 0 Å². The zero-order chi connectivity index (χ0) is 11.7. The van der Waals surface area contributed by atoms with Gasteiger partial charge in [-0.25, -0.2) is 0 Å². The second kappa shape index (κ2) is 4.08. The number of anilines is 1. The van der Waals surface area contributed by atoms with E-state index in [1.54, 1.807) is 12.1 Å². The first-order chi connectivity index (χ1) is 7.61. The maximum absolute atomic E-state index is 12.0. The average Bonchev–Trinajstić information content (AvgIpc) is 2.28. The van der Waals surface area contributed by atoms with Gasteiger partial charge in [-0.2, -0.15) is 0 Å². The van der Waals surface area contributed by atoms with Crippen molar-refractivity contribution in [2.45, 2.75) is 20.3 Å². The van der Waals surface area contributed by atoms with Crippen LogP contribution in [0.2, 0.25) is 0 Å². The number of para-hydroxylation sites is 1. The number of rotatable bonds is 1. The van der Waals surface area contributed by atoms with Gasteiger partial charge in [-0.15, -0.1) is 0 Å². The van der Waals surface area contributed by atoms with Crippen LogP contribution in [0.1, 0.15) is 20.3 Å². The Morgan fingerprint density at radius 1 is 1.00 bits per heavy atom. The molecule has 3 nitrogen and oxygen atoms in total. The summed E-state index contributed by atoms with van der Waals surface area (Å²) in [7, 11) is 0. The van der Waals surface area contributed by atoms with E-state index in [0.717, 1.165) is 0 Å². The summed E-state index contributed by atoms with van der Waals surface area (Å²) in [5.41, 5.74) is 0.677. The molecule has 0 spiro atoms. The molecule has 0 radical (unpaired) electrons. The second-order valence-corrected chi connectivity index (χ2v) is 4.39. The van der Waals surface area contributed by atoms with Crippen LogP contribution in [0.25, 0.3) is 0 Å². The first-order valence-electron chi connectivity index (χ1n) is 5.54. The van der Waals surface area contributed by atoms with Crippen molar-refractivity contribution in [2.24, 2.45) is 11.8 Å². The van der Waals surface area contributed by atoms with E-state index in [4.69, 9.17) is 0 Å². The van der Waals surface area contributed by atoms with E-state index >= 15 is 0 Å². The third-order valence-corrected chi connectivity index (χ3v) is 3.01. The lowest BCUT2D eigenvalue weighted by atomic mass is 9.90. The van der Waals surface area contributed by atoms with Crippen molar-refractivity contribution in [3.63, 3.8) is 0 Å². The van der Waals surface area contributed by atoms with Gasteiger partial charge < -0.3 is 0 Å². The number of hydrogen-bond acceptors (Lipinski definition) is 2. The van der Waals surface area contributed by atoms with Crippen LogP contribution in [-0.2, 0) is 9.59 Å². The minimum absolute atomic E-state index is 0.0760. The Kier molecular flexibility index (Phi) is 2.77. The Balaban J connectivity index is 2.38. The van der Waals surface area contributed by atoms with Gasteiger partial charge in [0, 0.05) is 11.8 Å². The van der Waals surface area contributed by atoms with E-state index in [-0.39, 0.29) is 23.7 Å². The summed E-state index contributed by atoms with van der Waals surface area (Å²) in [6.07, 6.45) is 0.654. The Hall–Kier alpha value is -1.64. The van der Waals surface area contributed by atoms with Crippen LogP contribution in [-0.4, -0.2) is 11.8 Å². The highest BCUT2D eigenvalue weighted by Gasteiger charge is 2.37. The molecule has 16 heavy (non-hydrogen) atoms. The Labute approximate surface area is 95.1 Å². The van der Waals surface area contributed by atoms with Crippen LogP contribution >= 0.6 is 0 Å². The predicted octanol–water partition coefficient (Wildman–Crippen LogP) is 2.22. The third kappa shape index (κ3) is 1.73. The molecule has 1 aliphatic heterocycles. The number of benzene rings is 1. The maximum atomic E-state index is 12.0. The van der Waals surface area contributed by atoms with Gasteiger partial charge in [-0.05, 0) is 18.6 Å². The molecule has 2 atom stereocenters. The zero-order valence-electron chi connectivity index (χ0n) is 9.51. The fourth-order valence-corrected chi connectivity index (χ4v) is 2.11.